The molecule has 0 saturated heterocycles. The maximum Gasteiger partial charge on any atom is 0.198 e. The zero-order valence-corrected chi connectivity index (χ0v) is 9.24. The van der Waals surface area contributed by atoms with Gasteiger partial charge in [0, 0.05) is 24.2 Å². The number of nitrogens with zero attached hydrogens (tertiary/aromatic N) is 4. The van der Waals surface area contributed by atoms with E-state index in [1.165, 1.54) is 0 Å². The monoisotopic (exact) mass is 226 g/mol. The first-order valence-electron chi connectivity index (χ1n) is 5.18. The van der Waals surface area contributed by atoms with Gasteiger partial charge in [-0.1, -0.05) is 0 Å². The van der Waals surface area contributed by atoms with E-state index < -0.39 is 0 Å². The Labute approximate surface area is 97.7 Å². The van der Waals surface area contributed by atoms with Gasteiger partial charge < -0.3 is 4.74 Å². The third kappa shape index (κ3) is 1.61. The van der Waals surface area contributed by atoms with Crippen LogP contribution in [-0.4, -0.2) is 26.7 Å². The lowest BCUT2D eigenvalue weighted by Crippen LogP contribution is -1.90. The quantitative estimate of drug-likeness (QED) is 0.668. The summed E-state index contributed by atoms with van der Waals surface area (Å²) in [5.41, 5.74) is 1.65. The molecule has 0 aromatic carbocycles. The lowest BCUT2D eigenvalue weighted by molar-refractivity contribution is 0.416. The fraction of sp³-hybridized carbons (Fsp3) is 0.0833. The van der Waals surface area contributed by atoms with Gasteiger partial charge in [-0.3, -0.25) is 4.98 Å². The van der Waals surface area contributed by atoms with E-state index in [-0.39, 0.29) is 0 Å². The Morgan fingerprint density at radius 1 is 1.18 bits per heavy atom. The van der Waals surface area contributed by atoms with E-state index in [1.54, 1.807) is 24.0 Å². The molecular weight excluding hydrogens is 216 g/mol. The summed E-state index contributed by atoms with van der Waals surface area (Å²) >= 11 is 0. The van der Waals surface area contributed by atoms with Crippen LogP contribution in [0.4, 0.5) is 0 Å². The van der Waals surface area contributed by atoms with Gasteiger partial charge in [0.1, 0.15) is 0 Å². The van der Waals surface area contributed by atoms with Gasteiger partial charge in [-0.25, -0.2) is 9.50 Å². The van der Waals surface area contributed by atoms with Crippen LogP contribution in [-0.2, 0) is 0 Å². The first kappa shape index (κ1) is 9.77. The lowest BCUT2D eigenvalue weighted by Gasteiger charge is -1.98. The van der Waals surface area contributed by atoms with Crippen LogP contribution >= 0.6 is 0 Å². The molecule has 0 fully saturated rings. The van der Waals surface area contributed by atoms with Gasteiger partial charge in [0.2, 0.25) is 0 Å². The number of fused-ring (bicyclic) bond motifs is 1. The van der Waals surface area contributed by atoms with Crippen molar-refractivity contribution in [1.29, 1.82) is 0 Å². The molecule has 17 heavy (non-hydrogen) atoms. The molecule has 3 aromatic heterocycles. The Balaban J connectivity index is 2.20. The molecule has 0 amide bonds. The highest BCUT2D eigenvalue weighted by atomic mass is 16.5. The van der Waals surface area contributed by atoms with Gasteiger partial charge in [0.25, 0.3) is 0 Å². The van der Waals surface area contributed by atoms with E-state index in [9.17, 15) is 0 Å². The summed E-state index contributed by atoms with van der Waals surface area (Å²) in [5.74, 6) is 1.37. The fourth-order valence-corrected chi connectivity index (χ4v) is 1.66. The van der Waals surface area contributed by atoms with Crippen LogP contribution in [0.25, 0.3) is 17.0 Å². The molecule has 0 spiro atoms. The smallest absolute Gasteiger partial charge is 0.198 e. The van der Waals surface area contributed by atoms with Crippen LogP contribution in [0, 0.1) is 0 Å². The van der Waals surface area contributed by atoms with E-state index in [0.29, 0.717) is 17.2 Å². The Hall–Kier alpha value is -2.43. The third-order valence-electron chi connectivity index (χ3n) is 2.48. The Bertz CT molecular complexity index is 648. The number of methoxy groups -OCH3 is 1. The molecule has 3 aromatic rings. The van der Waals surface area contributed by atoms with Crippen molar-refractivity contribution in [2.75, 3.05) is 7.11 Å². The maximum absolute atomic E-state index is 5.24. The van der Waals surface area contributed by atoms with Crippen molar-refractivity contribution in [2.24, 2.45) is 0 Å². The lowest BCUT2D eigenvalue weighted by atomic mass is 10.2. The number of ether oxygens (including phenoxy) is 1. The summed E-state index contributed by atoms with van der Waals surface area (Å²) in [7, 11) is 1.62. The summed E-state index contributed by atoms with van der Waals surface area (Å²) in [6.45, 7) is 0. The van der Waals surface area contributed by atoms with Crippen LogP contribution in [0.5, 0.6) is 5.75 Å². The molecule has 0 aliphatic carbocycles. The number of aromatic nitrogens is 4. The van der Waals surface area contributed by atoms with E-state index in [4.69, 9.17) is 4.74 Å². The van der Waals surface area contributed by atoms with Crippen molar-refractivity contribution >= 4 is 5.65 Å². The summed E-state index contributed by atoms with van der Waals surface area (Å²) in [6.07, 6.45) is 5.28. The number of pyridine rings is 2. The molecule has 5 heteroatoms. The van der Waals surface area contributed by atoms with Crippen molar-refractivity contribution in [1.82, 2.24) is 19.6 Å². The summed E-state index contributed by atoms with van der Waals surface area (Å²) in [5, 5.41) is 4.39. The zero-order chi connectivity index (χ0) is 11.7. The van der Waals surface area contributed by atoms with Crippen LogP contribution in [0.15, 0.2) is 42.9 Å². The highest BCUT2D eigenvalue weighted by molar-refractivity contribution is 5.61. The van der Waals surface area contributed by atoms with Gasteiger partial charge in [-0.2, -0.15) is 0 Å². The molecule has 0 saturated carbocycles. The third-order valence-corrected chi connectivity index (χ3v) is 2.48. The van der Waals surface area contributed by atoms with Crippen LogP contribution < -0.4 is 4.74 Å². The molecule has 0 atom stereocenters. The topological polar surface area (TPSA) is 52.3 Å². The van der Waals surface area contributed by atoms with Crippen molar-refractivity contribution in [3.8, 4) is 17.1 Å². The van der Waals surface area contributed by atoms with Gasteiger partial charge >= 0.3 is 0 Å². The minimum absolute atomic E-state index is 0.664. The Morgan fingerprint density at radius 2 is 2.00 bits per heavy atom. The molecule has 0 N–H and O–H groups in total. The van der Waals surface area contributed by atoms with Crippen molar-refractivity contribution in [2.45, 2.75) is 0 Å². The van der Waals surface area contributed by atoms with E-state index in [2.05, 4.69) is 15.1 Å². The average molecular weight is 226 g/mol. The first-order chi connectivity index (χ1) is 8.38. The standard InChI is InChI=1S/C12H10N4O/c1-17-10-3-2-8-16-12(10)14-11(15-16)9-4-6-13-7-5-9/h2-8H,1H3. The Kier molecular flexibility index (Phi) is 2.22. The van der Waals surface area contributed by atoms with Gasteiger partial charge in [0.15, 0.2) is 17.2 Å². The van der Waals surface area contributed by atoms with Crippen molar-refractivity contribution in [3.05, 3.63) is 42.9 Å². The average Bonchev–Trinajstić information content (AvgIpc) is 2.83. The highest BCUT2D eigenvalue weighted by Gasteiger charge is 2.09. The van der Waals surface area contributed by atoms with Gasteiger partial charge in [-0.15, -0.1) is 5.10 Å². The Morgan fingerprint density at radius 3 is 2.76 bits per heavy atom. The minimum atomic E-state index is 0.664. The van der Waals surface area contributed by atoms with E-state index in [0.717, 1.165) is 5.56 Å². The summed E-state index contributed by atoms with van der Waals surface area (Å²) in [6, 6.07) is 7.49. The predicted octanol–water partition coefficient (Wildman–Crippen LogP) is 1.80. The fourth-order valence-electron chi connectivity index (χ4n) is 1.66. The molecule has 0 radical (unpaired) electrons. The minimum Gasteiger partial charge on any atom is -0.493 e. The second kappa shape index (κ2) is 3.86. The van der Waals surface area contributed by atoms with Crippen LogP contribution in [0.3, 0.4) is 0 Å². The molecule has 0 aliphatic rings. The molecular formula is C12H10N4O. The second-order valence-electron chi connectivity index (χ2n) is 3.52. The second-order valence-corrected chi connectivity index (χ2v) is 3.52. The zero-order valence-electron chi connectivity index (χ0n) is 9.24. The maximum atomic E-state index is 5.24. The van der Waals surface area contributed by atoms with E-state index in [1.807, 2.05) is 30.5 Å². The molecule has 5 nitrogen and oxygen atoms in total. The molecule has 84 valence electrons. The van der Waals surface area contributed by atoms with Crippen LogP contribution in [0.2, 0.25) is 0 Å². The first-order valence-corrected chi connectivity index (χ1v) is 5.18. The molecule has 0 unspecified atom stereocenters. The summed E-state index contributed by atoms with van der Waals surface area (Å²) in [4.78, 5) is 8.42. The van der Waals surface area contributed by atoms with E-state index >= 15 is 0 Å². The number of rotatable bonds is 2. The SMILES string of the molecule is COc1cccn2nc(-c3ccncc3)nc12. The number of hydrogen-bond donors (Lipinski definition) is 0. The van der Waals surface area contributed by atoms with Crippen molar-refractivity contribution < 1.29 is 4.74 Å². The number of hydrogen-bond acceptors (Lipinski definition) is 4. The van der Waals surface area contributed by atoms with Crippen molar-refractivity contribution in [3.63, 3.8) is 0 Å². The highest BCUT2D eigenvalue weighted by Crippen LogP contribution is 2.20. The predicted molar refractivity (Wildman–Crippen MR) is 62.8 cm³/mol. The largest absolute Gasteiger partial charge is 0.493 e. The van der Waals surface area contributed by atoms with Gasteiger partial charge in [-0.05, 0) is 24.3 Å². The van der Waals surface area contributed by atoms with Gasteiger partial charge in [0.05, 0.1) is 7.11 Å². The normalized spacial score (nSPS) is 10.6. The molecule has 0 aliphatic heterocycles. The molecule has 3 heterocycles. The molecule has 0 bridgehead atoms. The molecule has 3 rings (SSSR count). The van der Waals surface area contributed by atoms with Crippen LogP contribution in [0.1, 0.15) is 0 Å². The summed E-state index contributed by atoms with van der Waals surface area (Å²) < 4.78 is 6.94.